The molecule has 0 radical (unpaired) electrons. The molecule has 0 unspecified atom stereocenters. The van der Waals surface area contributed by atoms with Crippen molar-refractivity contribution in [2.24, 2.45) is 0 Å². The summed E-state index contributed by atoms with van der Waals surface area (Å²) in [7, 11) is 0. The highest BCUT2D eigenvalue weighted by Gasteiger charge is 2.14. The van der Waals surface area contributed by atoms with Crippen molar-refractivity contribution >= 4 is 22.6 Å². The molecular formula is C15H22ClN3. The third-order valence-electron chi connectivity index (χ3n) is 3.01. The Morgan fingerprint density at radius 2 is 2.05 bits per heavy atom. The first kappa shape index (κ1) is 14.4. The molecule has 2 aromatic rings. The lowest BCUT2D eigenvalue weighted by Gasteiger charge is -2.20. The van der Waals surface area contributed by atoms with Crippen molar-refractivity contribution in [1.29, 1.82) is 0 Å². The lowest BCUT2D eigenvalue weighted by Crippen LogP contribution is -2.35. The van der Waals surface area contributed by atoms with E-state index < -0.39 is 0 Å². The Bertz CT molecular complexity index is 567. The van der Waals surface area contributed by atoms with Gasteiger partial charge in [0.15, 0.2) is 0 Å². The van der Waals surface area contributed by atoms with Gasteiger partial charge < -0.3 is 9.88 Å². The topological polar surface area (TPSA) is 29.9 Å². The van der Waals surface area contributed by atoms with E-state index in [1.54, 1.807) is 0 Å². The molecule has 0 fully saturated rings. The van der Waals surface area contributed by atoms with Crippen LogP contribution in [0.5, 0.6) is 0 Å². The lowest BCUT2D eigenvalue weighted by molar-refractivity contribution is 0.412. The van der Waals surface area contributed by atoms with E-state index in [0.29, 0.717) is 0 Å². The molecule has 0 aliphatic carbocycles. The number of halogens is 1. The molecule has 1 N–H and O–H groups in total. The van der Waals surface area contributed by atoms with Gasteiger partial charge in [0.2, 0.25) is 0 Å². The van der Waals surface area contributed by atoms with Gasteiger partial charge in [-0.25, -0.2) is 4.98 Å². The van der Waals surface area contributed by atoms with Crippen LogP contribution >= 0.6 is 11.6 Å². The zero-order chi connectivity index (χ0) is 14.0. The zero-order valence-electron chi connectivity index (χ0n) is 12.1. The molecule has 0 saturated heterocycles. The van der Waals surface area contributed by atoms with Gasteiger partial charge in [0.05, 0.1) is 17.6 Å². The Morgan fingerprint density at radius 3 is 2.68 bits per heavy atom. The fourth-order valence-corrected chi connectivity index (χ4v) is 2.26. The predicted molar refractivity (Wildman–Crippen MR) is 81.6 cm³/mol. The van der Waals surface area contributed by atoms with Crippen molar-refractivity contribution < 1.29 is 0 Å². The van der Waals surface area contributed by atoms with Gasteiger partial charge in [0, 0.05) is 17.1 Å². The molecule has 1 aromatic heterocycles. The predicted octanol–water partition coefficient (Wildman–Crippen LogP) is 3.99. The van der Waals surface area contributed by atoms with E-state index in [9.17, 15) is 0 Å². The van der Waals surface area contributed by atoms with Crippen molar-refractivity contribution in [3.63, 3.8) is 0 Å². The Kier molecular flexibility index (Phi) is 4.16. The summed E-state index contributed by atoms with van der Waals surface area (Å²) in [6, 6.07) is 5.89. The summed E-state index contributed by atoms with van der Waals surface area (Å²) in [5.74, 6) is 1.08. The van der Waals surface area contributed by atoms with Crippen LogP contribution in [0.15, 0.2) is 18.2 Å². The molecule has 4 heteroatoms. The van der Waals surface area contributed by atoms with Gasteiger partial charge in [-0.15, -0.1) is 0 Å². The smallest absolute Gasteiger partial charge is 0.123 e. The molecule has 0 atom stereocenters. The van der Waals surface area contributed by atoms with Gasteiger partial charge >= 0.3 is 0 Å². The van der Waals surface area contributed by atoms with E-state index in [4.69, 9.17) is 16.6 Å². The summed E-state index contributed by atoms with van der Waals surface area (Å²) in [6.45, 7) is 10.4. The van der Waals surface area contributed by atoms with E-state index >= 15 is 0 Å². The van der Waals surface area contributed by atoms with Gasteiger partial charge in [-0.2, -0.15) is 0 Å². The van der Waals surface area contributed by atoms with E-state index in [0.717, 1.165) is 41.4 Å². The fraction of sp³-hybridized carbons (Fsp3) is 0.533. The number of nitrogens with zero attached hydrogens (tertiary/aromatic N) is 2. The highest BCUT2D eigenvalue weighted by molar-refractivity contribution is 6.31. The fourth-order valence-electron chi connectivity index (χ4n) is 2.10. The SMILES string of the molecule is CCCn1c(CNC(C)(C)C)nc2ccc(Cl)cc21. The van der Waals surface area contributed by atoms with Gasteiger partial charge in [-0.3, -0.25) is 0 Å². The van der Waals surface area contributed by atoms with Crippen LogP contribution in [0, 0.1) is 0 Å². The summed E-state index contributed by atoms with van der Waals surface area (Å²) in [6.07, 6.45) is 1.08. The van der Waals surface area contributed by atoms with Crippen LogP contribution in [0.25, 0.3) is 11.0 Å². The second-order valence-electron chi connectivity index (χ2n) is 5.92. The largest absolute Gasteiger partial charge is 0.327 e. The van der Waals surface area contributed by atoms with Gasteiger partial charge in [-0.05, 0) is 45.4 Å². The molecule has 0 bridgehead atoms. The van der Waals surface area contributed by atoms with Crippen molar-refractivity contribution in [2.75, 3.05) is 0 Å². The van der Waals surface area contributed by atoms with Crippen LogP contribution in [-0.4, -0.2) is 15.1 Å². The van der Waals surface area contributed by atoms with Crippen LogP contribution in [0.1, 0.15) is 39.9 Å². The second kappa shape index (κ2) is 5.51. The average Bonchev–Trinajstić information content (AvgIpc) is 2.64. The molecule has 0 saturated carbocycles. The highest BCUT2D eigenvalue weighted by atomic mass is 35.5. The summed E-state index contributed by atoms with van der Waals surface area (Å²) >= 11 is 6.09. The maximum absolute atomic E-state index is 6.09. The monoisotopic (exact) mass is 279 g/mol. The molecule has 0 amide bonds. The van der Waals surface area contributed by atoms with E-state index in [1.807, 2.05) is 18.2 Å². The molecule has 0 aliphatic rings. The summed E-state index contributed by atoms with van der Waals surface area (Å²) < 4.78 is 2.26. The number of aryl methyl sites for hydroxylation is 1. The molecule has 3 nitrogen and oxygen atoms in total. The van der Waals surface area contributed by atoms with Crippen molar-refractivity contribution in [3.05, 3.63) is 29.0 Å². The minimum atomic E-state index is 0.0901. The Morgan fingerprint density at radius 1 is 1.32 bits per heavy atom. The van der Waals surface area contributed by atoms with Crippen molar-refractivity contribution in [2.45, 2.75) is 52.7 Å². The molecule has 19 heavy (non-hydrogen) atoms. The van der Waals surface area contributed by atoms with E-state index in [1.165, 1.54) is 0 Å². The molecule has 2 rings (SSSR count). The first-order valence-corrected chi connectivity index (χ1v) is 7.18. The van der Waals surface area contributed by atoms with Crippen LogP contribution in [0.4, 0.5) is 0 Å². The van der Waals surface area contributed by atoms with Crippen molar-refractivity contribution in [1.82, 2.24) is 14.9 Å². The molecule has 1 heterocycles. The average molecular weight is 280 g/mol. The summed E-state index contributed by atoms with van der Waals surface area (Å²) in [4.78, 5) is 4.72. The minimum absolute atomic E-state index is 0.0901. The standard InChI is InChI=1S/C15H22ClN3/c1-5-8-19-13-9-11(16)6-7-12(13)18-14(19)10-17-15(2,3)4/h6-7,9,17H,5,8,10H2,1-4H3. The third kappa shape index (κ3) is 3.48. The Hall–Kier alpha value is -1.06. The van der Waals surface area contributed by atoms with Gasteiger partial charge in [0.1, 0.15) is 5.82 Å². The number of nitrogens with one attached hydrogen (secondary N) is 1. The highest BCUT2D eigenvalue weighted by Crippen LogP contribution is 2.21. The first-order chi connectivity index (χ1) is 8.90. The summed E-state index contributed by atoms with van der Waals surface area (Å²) in [5, 5.41) is 4.26. The lowest BCUT2D eigenvalue weighted by atomic mass is 10.1. The van der Waals surface area contributed by atoms with Crippen LogP contribution in [-0.2, 0) is 13.1 Å². The number of hydrogen-bond donors (Lipinski definition) is 1. The maximum Gasteiger partial charge on any atom is 0.123 e. The normalized spacial score (nSPS) is 12.3. The first-order valence-electron chi connectivity index (χ1n) is 6.80. The zero-order valence-corrected chi connectivity index (χ0v) is 12.9. The molecule has 0 spiro atoms. The number of benzene rings is 1. The molecule has 104 valence electrons. The number of imidazole rings is 1. The molecule has 1 aromatic carbocycles. The molecule has 0 aliphatic heterocycles. The Labute approximate surface area is 120 Å². The van der Waals surface area contributed by atoms with Gasteiger partial charge in [0.25, 0.3) is 0 Å². The molecular weight excluding hydrogens is 258 g/mol. The van der Waals surface area contributed by atoms with E-state index in [2.05, 4.69) is 37.6 Å². The van der Waals surface area contributed by atoms with Crippen LogP contribution < -0.4 is 5.32 Å². The third-order valence-corrected chi connectivity index (χ3v) is 3.25. The number of rotatable bonds is 4. The van der Waals surface area contributed by atoms with Crippen LogP contribution in [0.2, 0.25) is 5.02 Å². The maximum atomic E-state index is 6.09. The number of aromatic nitrogens is 2. The Balaban J connectivity index is 2.39. The van der Waals surface area contributed by atoms with Crippen LogP contribution in [0.3, 0.4) is 0 Å². The van der Waals surface area contributed by atoms with Crippen molar-refractivity contribution in [3.8, 4) is 0 Å². The summed E-state index contributed by atoms with van der Waals surface area (Å²) in [5.41, 5.74) is 2.23. The second-order valence-corrected chi connectivity index (χ2v) is 6.35. The number of hydrogen-bond acceptors (Lipinski definition) is 2. The number of fused-ring (bicyclic) bond motifs is 1. The quantitative estimate of drug-likeness (QED) is 0.917. The minimum Gasteiger partial charge on any atom is -0.327 e. The van der Waals surface area contributed by atoms with Gasteiger partial charge in [-0.1, -0.05) is 18.5 Å². The van der Waals surface area contributed by atoms with E-state index in [-0.39, 0.29) is 5.54 Å².